The zero-order valence-corrected chi connectivity index (χ0v) is 21.9. The number of nitrogens with zero attached hydrogens (tertiary/aromatic N) is 3. The van der Waals surface area contributed by atoms with Crippen molar-refractivity contribution in [3.05, 3.63) is 45.6 Å². The maximum atomic E-state index is 13.0. The number of β-amino-alcohol motifs (C(OH)–C–C–N with tert-alkyl or cyclic N) is 1. The van der Waals surface area contributed by atoms with E-state index in [-0.39, 0.29) is 46.7 Å². The van der Waals surface area contributed by atoms with E-state index >= 15 is 0 Å². The Labute approximate surface area is 211 Å². The van der Waals surface area contributed by atoms with Gasteiger partial charge in [-0.1, -0.05) is 26.8 Å². The average molecular weight is 518 g/mol. The number of amides is 1. The lowest BCUT2D eigenvalue weighted by Gasteiger charge is -2.31. The molecule has 11 heteroatoms. The fourth-order valence-corrected chi connectivity index (χ4v) is 5.95. The number of rotatable bonds is 4. The summed E-state index contributed by atoms with van der Waals surface area (Å²) >= 11 is -0.130. The van der Waals surface area contributed by atoms with Crippen LogP contribution < -0.4 is 10.6 Å². The molecule has 0 saturated carbocycles. The molecule has 3 atom stereocenters. The molecule has 0 bridgehead atoms. The van der Waals surface area contributed by atoms with E-state index < -0.39 is 17.3 Å². The summed E-state index contributed by atoms with van der Waals surface area (Å²) < 4.78 is 20.5. The number of anilines is 1. The van der Waals surface area contributed by atoms with Crippen LogP contribution in [-0.4, -0.2) is 56.1 Å². The van der Waals surface area contributed by atoms with Gasteiger partial charge in [0.15, 0.2) is 17.4 Å². The van der Waals surface area contributed by atoms with Crippen molar-refractivity contribution in [1.82, 2.24) is 10.2 Å². The summed E-state index contributed by atoms with van der Waals surface area (Å²) in [5.74, 6) is -0.0444. The summed E-state index contributed by atoms with van der Waals surface area (Å²) in [6.45, 7) is 9.12. The molecule has 4 rings (SSSR count). The monoisotopic (exact) mass is 517 g/mol. The van der Waals surface area contributed by atoms with Crippen molar-refractivity contribution in [1.29, 1.82) is 0 Å². The van der Waals surface area contributed by atoms with E-state index in [4.69, 9.17) is 0 Å². The lowest BCUT2D eigenvalue weighted by atomic mass is 9.85. The molecule has 1 saturated heterocycles. The van der Waals surface area contributed by atoms with Crippen LogP contribution in [0.1, 0.15) is 59.8 Å². The minimum absolute atomic E-state index is 0.117. The summed E-state index contributed by atoms with van der Waals surface area (Å²) in [6, 6.07) is 8.82. The first-order valence-corrected chi connectivity index (χ1v) is 13.4. The molecule has 2 aliphatic heterocycles. The first kappa shape index (κ1) is 25.3. The van der Waals surface area contributed by atoms with Crippen molar-refractivity contribution < 1.29 is 19.2 Å². The lowest BCUT2D eigenvalue weighted by molar-refractivity contribution is 0.0471. The highest BCUT2D eigenvalue weighted by atomic mass is 32.2. The summed E-state index contributed by atoms with van der Waals surface area (Å²) in [7, 11) is 0. The zero-order valence-electron chi connectivity index (χ0n) is 20.2. The van der Waals surface area contributed by atoms with Gasteiger partial charge >= 0.3 is 0 Å². The van der Waals surface area contributed by atoms with Crippen molar-refractivity contribution in [2.75, 3.05) is 18.4 Å². The van der Waals surface area contributed by atoms with Gasteiger partial charge in [-0.3, -0.25) is 4.79 Å². The molecular formula is C24H31N5O4S2. The van der Waals surface area contributed by atoms with Crippen molar-refractivity contribution >= 4 is 45.8 Å². The number of phenolic OH excluding ortho intramolecular Hbond substituents is 1. The topological polar surface area (TPSA) is 127 Å². The molecule has 35 heavy (non-hydrogen) atoms. The molecule has 1 fully saturated rings. The van der Waals surface area contributed by atoms with Crippen molar-refractivity contribution in [3.63, 3.8) is 0 Å². The van der Waals surface area contributed by atoms with E-state index in [9.17, 15) is 19.2 Å². The number of aryl methyl sites for hydroxylation is 1. The summed E-state index contributed by atoms with van der Waals surface area (Å²) in [5.41, 5.74) is 0.194. The number of hydrogen-bond donors (Lipinski definition) is 4. The molecule has 9 nitrogen and oxygen atoms in total. The van der Waals surface area contributed by atoms with Crippen LogP contribution in [0.15, 0.2) is 39.1 Å². The Morgan fingerprint density at radius 1 is 1.23 bits per heavy atom. The first-order chi connectivity index (χ1) is 16.5. The van der Waals surface area contributed by atoms with Crippen LogP contribution in [0, 0.1) is 12.3 Å². The number of carbonyl (C=O) groups excluding carboxylic acids is 1. The maximum absolute atomic E-state index is 13.0. The average Bonchev–Trinajstić information content (AvgIpc) is 3.36. The smallest absolute Gasteiger partial charge is 0.269 e. The number of hydrogen-bond acceptors (Lipinski definition) is 7. The standard InChI is InChI=1S/C24H31N5O4S2/c1-14-10-11-18(34-14)20(24(2,3)4)26-22-21(27-35(33)28-22)25-17-9-5-8-16(19(17)31)23(32)29-12-6-7-15(30)13-29/h5,8-11,15,20,30-31H,6-7,12-13H2,1-4H3,(H,25,27)(H,26,28)/t15?,20-,35?/m0/s1. The third kappa shape index (κ3) is 5.74. The zero-order chi connectivity index (χ0) is 25.3. The number of piperidine rings is 1. The normalized spacial score (nSPS) is 21.3. The number of carbonyl (C=O) groups is 1. The first-order valence-electron chi connectivity index (χ1n) is 11.5. The van der Waals surface area contributed by atoms with E-state index in [0.29, 0.717) is 25.2 Å². The number of para-hydroxylation sites is 1. The number of nitrogens with one attached hydrogen (secondary N) is 2. The van der Waals surface area contributed by atoms with E-state index in [2.05, 4.69) is 52.3 Å². The van der Waals surface area contributed by atoms with Crippen LogP contribution in [0.2, 0.25) is 0 Å². The lowest BCUT2D eigenvalue weighted by Crippen LogP contribution is -2.42. The Hall–Kier alpha value is -2.76. The number of likely N-dealkylation sites (tertiary alicyclic amines) is 1. The fraction of sp³-hybridized carbons (Fsp3) is 0.458. The van der Waals surface area contributed by atoms with Crippen LogP contribution in [0.5, 0.6) is 5.75 Å². The molecule has 1 aromatic heterocycles. The molecule has 0 spiro atoms. The molecule has 188 valence electrons. The number of aliphatic hydroxyl groups excluding tert-OH is 1. The highest BCUT2D eigenvalue weighted by molar-refractivity contribution is 7.83. The molecule has 3 heterocycles. The van der Waals surface area contributed by atoms with Gasteiger partial charge in [-0.25, -0.2) is 4.21 Å². The van der Waals surface area contributed by atoms with Crippen LogP contribution in [-0.2, 0) is 11.2 Å². The second kappa shape index (κ2) is 10.1. The van der Waals surface area contributed by atoms with Gasteiger partial charge < -0.3 is 25.7 Å². The Bertz CT molecular complexity index is 1200. The third-order valence-electron chi connectivity index (χ3n) is 5.96. The van der Waals surface area contributed by atoms with Gasteiger partial charge in [0.2, 0.25) is 0 Å². The van der Waals surface area contributed by atoms with Gasteiger partial charge in [-0.15, -0.1) is 20.1 Å². The number of thiophene rings is 1. The SMILES string of the molecule is Cc1ccc([C@H](NC2=NS(=O)N=C2Nc2cccc(C(=O)N3CCCC(O)C3)c2O)C(C)(C)C)s1. The largest absolute Gasteiger partial charge is 0.505 e. The maximum Gasteiger partial charge on any atom is 0.269 e. The van der Waals surface area contributed by atoms with Gasteiger partial charge in [-0.05, 0) is 49.4 Å². The number of aromatic hydroxyl groups is 1. The fourth-order valence-electron chi connectivity index (χ4n) is 4.15. The Morgan fingerprint density at radius 2 is 1.97 bits per heavy atom. The van der Waals surface area contributed by atoms with Crippen LogP contribution in [0.4, 0.5) is 5.69 Å². The Kier molecular flexibility index (Phi) is 7.30. The minimum Gasteiger partial charge on any atom is -0.505 e. The summed E-state index contributed by atoms with van der Waals surface area (Å²) in [5, 5.41) is 27.2. The number of aliphatic hydroxyl groups is 1. The molecule has 4 N–H and O–H groups in total. The molecule has 1 amide bonds. The predicted octanol–water partition coefficient (Wildman–Crippen LogP) is 3.54. The molecule has 1 aromatic carbocycles. The molecular weight excluding hydrogens is 486 g/mol. The predicted molar refractivity (Wildman–Crippen MR) is 140 cm³/mol. The Balaban J connectivity index is 1.56. The van der Waals surface area contributed by atoms with Crippen molar-refractivity contribution in [3.8, 4) is 5.75 Å². The molecule has 2 aliphatic rings. The van der Waals surface area contributed by atoms with Gasteiger partial charge in [0, 0.05) is 22.8 Å². The van der Waals surface area contributed by atoms with Crippen LogP contribution >= 0.6 is 11.3 Å². The van der Waals surface area contributed by atoms with Gasteiger partial charge in [0.1, 0.15) is 0 Å². The quantitative estimate of drug-likeness (QED) is 0.460. The van der Waals surface area contributed by atoms with Gasteiger partial charge in [0.25, 0.3) is 17.1 Å². The third-order valence-corrected chi connectivity index (χ3v) is 7.70. The number of benzene rings is 1. The molecule has 0 radical (unpaired) electrons. The summed E-state index contributed by atoms with van der Waals surface area (Å²) in [6.07, 6.45) is 0.800. The number of amidine groups is 2. The van der Waals surface area contributed by atoms with Crippen LogP contribution in [0.25, 0.3) is 0 Å². The van der Waals surface area contributed by atoms with Gasteiger partial charge in [-0.2, -0.15) is 0 Å². The highest BCUT2D eigenvalue weighted by Gasteiger charge is 2.32. The molecule has 2 aromatic rings. The molecule has 2 unspecified atom stereocenters. The van der Waals surface area contributed by atoms with Crippen molar-refractivity contribution in [2.45, 2.75) is 52.7 Å². The van der Waals surface area contributed by atoms with E-state index in [0.717, 1.165) is 4.88 Å². The van der Waals surface area contributed by atoms with E-state index in [1.165, 1.54) is 4.88 Å². The molecule has 0 aliphatic carbocycles. The second-order valence-corrected chi connectivity index (χ2v) is 12.0. The number of phenols is 1. The van der Waals surface area contributed by atoms with Crippen LogP contribution in [0.3, 0.4) is 0 Å². The van der Waals surface area contributed by atoms with Crippen molar-refractivity contribution in [2.24, 2.45) is 14.2 Å². The second-order valence-electron chi connectivity index (χ2n) is 9.88. The van der Waals surface area contributed by atoms with E-state index in [1.54, 1.807) is 34.4 Å². The van der Waals surface area contributed by atoms with Gasteiger partial charge in [0.05, 0.1) is 23.4 Å². The Morgan fingerprint density at radius 3 is 2.63 bits per heavy atom. The summed E-state index contributed by atoms with van der Waals surface area (Å²) in [4.78, 5) is 16.8. The minimum atomic E-state index is -1.81. The van der Waals surface area contributed by atoms with E-state index in [1.807, 2.05) is 6.92 Å². The highest BCUT2D eigenvalue weighted by Crippen LogP contribution is 2.37.